The Balaban J connectivity index is 1.86. The van der Waals surface area contributed by atoms with E-state index in [1.165, 1.54) is 0 Å². The smallest absolute Gasteiger partial charge is 0.242 e. The molecule has 5 heteroatoms. The molecule has 0 aliphatic carbocycles. The Morgan fingerprint density at radius 1 is 1.22 bits per heavy atom. The topological polar surface area (TPSA) is 58.2 Å². The summed E-state index contributed by atoms with van der Waals surface area (Å²) < 4.78 is 0. The third-order valence-electron chi connectivity index (χ3n) is 4.00. The van der Waals surface area contributed by atoms with E-state index < -0.39 is 6.04 Å². The Hall–Kier alpha value is -1.49. The first kappa shape index (κ1) is 17.9. The highest BCUT2D eigenvalue weighted by molar-refractivity contribution is 7.99. The van der Waals surface area contributed by atoms with Gasteiger partial charge < -0.3 is 10.6 Å². The average Bonchev–Trinajstić information content (AvgIpc) is 2.56. The largest absolute Gasteiger partial charge is 0.352 e. The number of hydrogen-bond donors (Lipinski definition) is 2. The van der Waals surface area contributed by atoms with E-state index in [-0.39, 0.29) is 17.9 Å². The molecule has 1 heterocycles. The minimum atomic E-state index is -0.425. The molecule has 0 aromatic heterocycles. The molecular weight excluding hydrogens is 308 g/mol. The fourth-order valence-electron chi connectivity index (χ4n) is 2.73. The van der Waals surface area contributed by atoms with Gasteiger partial charge in [0, 0.05) is 6.04 Å². The minimum Gasteiger partial charge on any atom is -0.352 e. The second-order valence-electron chi connectivity index (χ2n) is 5.97. The molecule has 1 fully saturated rings. The summed E-state index contributed by atoms with van der Waals surface area (Å²) in [5.41, 5.74) is 0.963. The summed E-state index contributed by atoms with van der Waals surface area (Å²) in [5.74, 6) is 2.07. The summed E-state index contributed by atoms with van der Waals surface area (Å²) in [6.45, 7) is 2.03. The average molecular weight is 334 g/mol. The first-order valence-electron chi connectivity index (χ1n) is 8.40. The van der Waals surface area contributed by atoms with Crippen LogP contribution < -0.4 is 10.6 Å². The van der Waals surface area contributed by atoms with E-state index in [1.807, 2.05) is 49.0 Å². The second kappa shape index (κ2) is 9.60. The van der Waals surface area contributed by atoms with Crippen molar-refractivity contribution in [2.75, 3.05) is 11.5 Å². The summed E-state index contributed by atoms with van der Waals surface area (Å²) in [5, 5.41) is 6.01. The van der Waals surface area contributed by atoms with Gasteiger partial charge in [0.2, 0.25) is 11.8 Å². The minimum absolute atomic E-state index is 0.0369. The van der Waals surface area contributed by atoms with Gasteiger partial charge in [-0.1, -0.05) is 43.7 Å². The van der Waals surface area contributed by atoms with Crippen molar-refractivity contribution < 1.29 is 9.59 Å². The molecular formula is C18H26N2O2S. The number of benzene rings is 1. The molecule has 1 aromatic rings. The quantitative estimate of drug-likeness (QED) is 0.805. The fourth-order valence-corrected chi connectivity index (χ4v) is 3.83. The number of thioether (sulfide) groups is 1. The molecule has 1 aromatic carbocycles. The van der Waals surface area contributed by atoms with Crippen molar-refractivity contribution in [3.05, 3.63) is 35.9 Å². The number of carbonyl (C=O) groups is 2. The Morgan fingerprint density at radius 2 is 1.91 bits per heavy atom. The normalized spacial score (nSPS) is 16.6. The van der Waals surface area contributed by atoms with E-state index >= 15 is 0 Å². The first-order chi connectivity index (χ1) is 11.2. The lowest BCUT2D eigenvalue weighted by Crippen LogP contribution is -2.50. The highest BCUT2D eigenvalue weighted by Gasteiger charge is 2.23. The van der Waals surface area contributed by atoms with E-state index in [9.17, 15) is 9.59 Å². The summed E-state index contributed by atoms with van der Waals surface area (Å²) in [4.78, 5) is 24.7. The lowest BCUT2D eigenvalue weighted by molar-refractivity contribution is -0.129. The molecule has 1 atom stereocenters. The Bertz CT molecular complexity index is 501. The molecule has 0 radical (unpaired) electrons. The van der Waals surface area contributed by atoms with Crippen LogP contribution in [0.15, 0.2) is 30.3 Å². The molecule has 4 nitrogen and oxygen atoms in total. The van der Waals surface area contributed by atoms with Crippen molar-refractivity contribution in [3.63, 3.8) is 0 Å². The molecule has 1 saturated heterocycles. The van der Waals surface area contributed by atoms with Crippen LogP contribution in [0.2, 0.25) is 0 Å². The van der Waals surface area contributed by atoms with Crippen LogP contribution in [0.4, 0.5) is 0 Å². The van der Waals surface area contributed by atoms with Gasteiger partial charge in [-0.3, -0.25) is 9.59 Å². The monoisotopic (exact) mass is 334 g/mol. The lowest BCUT2D eigenvalue weighted by Gasteiger charge is -2.25. The van der Waals surface area contributed by atoms with E-state index in [0.717, 1.165) is 36.3 Å². The molecule has 0 saturated carbocycles. The Labute approximate surface area is 142 Å². The zero-order chi connectivity index (χ0) is 16.5. The van der Waals surface area contributed by atoms with Crippen molar-refractivity contribution in [1.82, 2.24) is 10.6 Å². The van der Waals surface area contributed by atoms with Crippen molar-refractivity contribution in [2.45, 2.75) is 51.1 Å². The molecule has 0 spiro atoms. The van der Waals surface area contributed by atoms with Gasteiger partial charge in [0.15, 0.2) is 0 Å². The zero-order valence-electron chi connectivity index (χ0n) is 13.7. The molecule has 2 amide bonds. The Kier molecular flexibility index (Phi) is 7.46. The van der Waals surface area contributed by atoms with Crippen LogP contribution >= 0.6 is 11.8 Å². The third-order valence-corrected chi connectivity index (χ3v) is 5.05. The van der Waals surface area contributed by atoms with Gasteiger partial charge in [0.25, 0.3) is 0 Å². The number of hydrogen-bond acceptors (Lipinski definition) is 3. The maximum absolute atomic E-state index is 12.5. The van der Waals surface area contributed by atoms with E-state index in [2.05, 4.69) is 10.6 Å². The maximum atomic E-state index is 12.5. The lowest BCUT2D eigenvalue weighted by atomic mass is 10.1. The predicted octanol–water partition coefficient (Wildman–Crippen LogP) is 2.53. The van der Waals surface area contributed by atoms with Crippen LogP contribution in [0.3, 0.4) is 0 Å². The van der Waals surface area contributed by atoms with Gasteiger partial charge in [-0.15, -0.1) is 0 Å². The number of nitrogens with one attached hydrogen (secondary N) is 2. The van der Waals surface area contributed by atoms with E-state index in [4.69, 9.17) is 0 Å². The van der Waals surface area contributed by atoms with Crippen LogP contribution in [-0.2, 0) is 16.0 Å². The molecule has 23 heavy (non-hydrogen) atoms. The summed E-state index contributed by atoms with van der Waals surface area (Å²) in [6.07, 6.45) is 3.90. The number of amides is 2. The van der Waals surface area contributed by atoms with E-state index in [0.29, 0.717) is 12.8 Å². The molecule has 2 N–H and O–H groups in total. The summed E-state index contributed by atoms with van der Waals surface area (Å²) in [6, 6.07) is 9.44. The molecule has 0 bridgehead atoms. The molecule has 0 unspecified atom stereocenters. The van der Waals surface area contributed by atoms with Gasteiger partial charge in [-0.25, -0.2) is 0 Å². The van der Waals surface area contributed by atoms with E-state index in [1.54, 1.807) is 0 Å². The van der Waals surface area contributed by atoms with Crippen LogP contribution in [0.5, 0.6) is 0 Å². The predicted molar refractivity (Wildman–Crippen MR) is 95.5 cm³/mol. The van der Waals surface area contributed by atoms with Crippen molar-refractivity contribution >= 4 is 23.6 Å². The highest BCUT2D eigenvalue weighted by atomic mass is 32.2. The molecule has 2 rings (SSSR count). The molecule has 126 valence electrons. The SMILES string of the molecule is CCC[C@@H](NC(=O)Cc1ccccc1)C(=O)NC1CCSCC1. The van der Waals surface area contributed by atoms with Crippen molar-refractivity contribution in [2.24, 2.45) is 0 Å². The first-order valence-corrected chi connectivity index (χ1v) is 9.56. The van der Waals surface area contributed by atoms with Gasteiger partial charge in [-0.2, -0.15) is 11.8 Å². The third kappa shape index (κ3) is 6.26. The number of rotatable bonds is 7. The van der Waals surface area contributed by atoms with Crippen LogP contribution in [0, 0.1) is 0 Å². The molecule has 1 aliphatic rings. The van der Waals surface area contributed by atoms with Gasteiger partial charge in [0.05, 0.1) is 6.42 Å². The summed E-state index contributed by atoms with van der Waals surface area (Å²) >= 11 is 1.94. The highest BCUT2D eigenvalue weighted by Crippen LogP contribution is 2.17. The zero-order valence-corrected chi connectivity index (χ0v) is 14.5. The van der Waals surface area contributed by atoms with Gasteiger partial charge in [0.1, 0.15) is 6.04 Å². The van der Waals surface area contributed by atoms with Crippen molar-refractivity contribution in [1.29, 1.82) is 0 Å². The standard InChI is InChI=1S/C18H26N2O2S/c1-2-6-16(18(22)19-15-9-11-23-12-10-15)20-17(21)13-14-7-4-3-5-8-14/h3-5,7-8,15-16H,2,6,9-13H2,1H3,(H,19,22)(H,20,21)/t16-/m1/s1. The van der Waals surface area contributed by atoms with Gasteiger partial charge >= 0.3 is 0 Å². The number of carbonyl (C=O) groups excluding carboxylic acids is 2. The molecule has 1 aliphatic heterocycles. The van der Waals surface area contributed by atoms with Crippen LogP contribution in [0.1, 0.15) is 38.2 Å². The summed E-state index contributed by atoms with van der Waals surface area (Å²) in [7, 11) is 0. The van der Waals surface area contributed by atoms with Crippen LogP contribution in [-0.4, -0.2) is 35.4 Å². The van der Waals surface area contributed by atoms with Crippen molar-refractivity contribution in [3.8, 4) is 0 Å². The maximum Gasteiger partial charge on any atom is 0.242 e. The van der Waals surface area contributed by atoms with Crippen LogP contribution in [0.25, 0.3) is 0 Å². The fraction of sp³-hybridized carbons (Fsp3) is 0.556. The van der Waals surface area contributed by atoms with Gasteiger partial charge in [-0.05, 0) is 36.3 Å². The Morgan fingerprint density at radius 3 is 2.57 bits per heavy atom. The second-order valence-corrected chi connectivity index (χ2v) is 7.19.